The molecular weight excluding hydrogens is 851 g/mol. The molecule has 2 N–H and O–H groups in total. The van der Waals surface area contributed by atoms with E-state index >= 15 is 0 Å². The Hall–Kier alpha value is -7.26. The number of amides is 2. The number of benzene rings is 4. The van der Waals surface area contributed by atoms with Crippen molar-refractivity contribution >= 4 is 65.2 Å². The molecule has 0 fully saturated rings. The molecule has 4 aromatic heterocycles. The monoisotopic (exact) mass is 874 g/mol. The Balaban J connectivity index is 1.17. The zero-order valence-corrected chi connectivity index (χ0v) is 32.7. The predicted molar refractivity (Wildman–Crippen MR) is 213 cm³/mol. The number of rotatable bonds is 10. The molecule has 308 valence electrons. The Bertz CT molecular complexity index is 2790. The zero-order valence-electron chi connectivity index (χ0n) is 31.0. The third-order valence-electron chi connectivity index (χ3n) is 8.43. The van der Waals surface area contributed by atoms with Crippen molar-refractivity contribution in [3.63, 3.8) is 0 Å². The number of carbonyl (C=O) groups excluding carboxylic acids is 2. The van der Waals surface area contributed by atoms with Crippen LogP contribution < -0.4 is 24.8 Å². The van der Waals surface area contributed by atoms with Crippen molar-refractivity contribution in [2.45, 2.75) is 26.2 Å². The van der Waals surface area contributed by atoms with Gasteiger partial charge in [0.15, 0.2) is 21.8 Å². The van der Waals surface area contributed by atoms with Crippen molar-refractivity contribution in [2.24, 2.45) is 0 Å². The standard InChI is InChI=1S/C40H24F6N8O5S2/c1-19(55)51-37-53-35-27(5-3-7-31(35)60-37)58-33-15-25(47-17-49-33)23-11-9-21(39(41,42)43)13-29(23)57-30-14-22(40(44,45)46)10-12-24(30)26-16-34(50-18-48-26)59-28-6-4-8-32-36(28)54-38(61-32)52-20(2)56/h3-18H,1-2H3,(H,51,53,55)(H,52,54,56). The predicted octanol–water partition coefficient (Wildman–Crippen LogP) is 11.2. The highest BCUT2D eigenvalue weighted by Gasteiger charge is 2.34. The summed E-state index contributed by atoms with van der Waals surface area (Å²) >= 11 is 2.40. The smallest absolute Gasteiger partial charge is 0.416 e. The molecule has 0 aliphatic heterocycles. The zero-order chi connectivity index (χ0) is 43.1. The van der Waals surface area contributed by atoms with E-state index in [4.69, 9.17) is 14.2 Å². The first-order valence-corrected chi connectivity index (χ1v) is 19.2. The number of halogens is 6. The summed E-state index contributed by atoms with van der Waals surface area (Å²) in [4.78, 5) is 48.7. The van der Waals surface area contributed by atoms with Gasteiger partial charge in [0, 0.05) is 37.1 Å². The van der Waals surface area contributed by atoms with Crippen LogP contribution in [0.3, 0.4) is 0 Å². The molecule has 21 heteroatoms. The molecule has 0 atom stereocenters. The number of carbonyl (C=O) groups is 2. The van der Waals surface area contributed by atoms with Crippen molar-refractivity contribution in [1.82, 2.24) is 29.9 Å². The number of para-hydroxylation sites is 2. The molecule has 4 heterocycles. The first-order chi connectivity index (χ1) is 29.1. The maximum Gasteiger partial charge on any atom is 0.416 e. The highest BCUT2D eigenvalue weighted by molar-refractivity contribution is 7.22. The fourth-order valence-electron chi connectivity index (χ4n) is 5.84. The molecule has 2 amide bonds. The van der Waals surface area contributed by atoms with Crippen LogP contribution in [0.25, 0.3) is 42.9 Å². The van der Waals surface area contributed by atoms with E-state index < -0.39 is 35.0 Å². The van der Waals surface area contributed by atoms with Gasteiger partial charge in [0.2, 0.25) is 23.6 Å². The summed E-state index contributed by atoms with van der Waals surface area (Å²) in [6.07, 6.45) is -7.59. The quantitative estimate of drug-likeness (QED) is 0.126. The summed E-state index contributed by atoms with van der Waals surface area (Å²) in [5.41, 5.74) is -1.69. The molecule has 0 aliphatic rings. The maximum atomic E-state index is 14.2. The van der Waals surface area contributed by atoms with Crippen LogP contribution in [-0.2, 0) is 21.9 Å². The first kappa shape index (κ1) is 40.5. The van der Waals surface area contributed by atoms with E-state index in [-0.39, 0.29) is 57.6 Å². The number of aromatic nitrogens is 6. The third-order valence-corrected chi connectivity index (χ3v) is 10.3. The van der Waals surface area contributed by atoms with Gasteiger partial charge in [-0.25, -0.2) is 29.9 Å². The van der Waals surface area contributed by atoms with E-state index in [1.54, 1.807) is 36.4 Å². The first-order valence-electron chi connectivity index (χ1n) is 17.5. The van der Waals surface area contributed by atoms with Gasteiger partial charge in [-0.1, -0.05) is 34.8 Å². The Kier molecular flexibility index (Phi) is 10.7. The van der Waals surface area contributed by atoms with Crippen LogP contribution in [0.15, 0.2) is 97.6 Å². The summed E-state index contributed by atoms with van der Waals surface area (Å²) in [6.45, 7) is 2.67. The highest BCUT2D eigenvalue weighted by Crippen LogP contribution is 2.44. The molecule has 0 spiro atoms. The van der Waals surface area contributed by atoms with Crippen LogP contribution in [0.5, 0.6) is 34.8 Å². The number of anilines is 2. The molecule has 0 unspecified atom stereocenters. The number of nitrogens with zero attached hydrogens (tertiary/aromatic N) is 6. The number of fused-ring (bicyclic) bond motifs is 2. The van der Waals surface area contributed by atoms with Crippen LogP contribution in [0.4, 0.5) is 36.6 Å². The number of nitrogens with one attached hydrogen (secondary N) is 2. The van der Waals surface area contributed by atoms with Crippen LogP contribution in [0, 0.1) is 0 Å². The third kappa shape index (κ3) is 9.01. The normalized spacial score (nSPS) is 11.7. The van der Waals surface area contributed by atoms with E-state index in [2.05, 4.69) is 40.5 Å². The minimum absolute atomic E-state index is 0.0118. The molecule has 61 heavy (non-hydrogen) atoms. The van der Waals surface area contributed by atoms with E-state index in [0.29, 0.717) is 42.8 Å². The van der Waals surface area contributed by atoms with Gasteiger partial charge in [-0.3, -0.25) is 9.59 Å². The molecule has 8 rings (SSSR count). The summed E-state index contributed by atoms with van der Waals surface area (Å²) in [6, 6.07) is 17.6. The van der Waals surface area contributed by atoms with E-state index in [1.165, 1.54) is 48.7 Å². The van der Waals surface area contributed by atoms with Gasteiger partial charge >= 0.3 is 12.4 Å². The summed E-state index contributed by atoms with van der Waals surface area (Å²) in [5.74, 6) is -1.35. The second-order valence-electron chi connectivity index (χ2n) is 12.8. The lowest BCUT2D eigenvalue weighted by molar-refractivity contribution is -0.138. The fourth-order valence-corrected chi connectivity index (χ4v) is 7.70. The van der Waals surface area contributed by atoms with Crippen molar-refractivity contribution in [1.29, 1.82) is 0 Å². The molecule has 8 aromatic rings. The molecule has 0 aliphatic carbocycles. The SMILES string of the molecule is CC(=O)Nc1nc2c(Oc3cc(-c4ccc(C(F)(F)F)cc4Oc4cc(C(F)(F)F)ccc4-c4cc(Oc5cccc6sc(NC(C)=O)nc56)ncn4)ncn3)cccc2s1. The number of alkyl halides is 6. The second-order valence-corrected chi connectivity index (χ2v) is 14.9. The van der Waals surface area contributed by atoms with Gasteiger partial charge in [-0.15, -0.1) is 0 Å². The molecule has 0 saturated heterocycles. The van der Waals surface area contributed by atoms with E-state index in [9.17, 15) is 35.9 Å². The van der Waals surface area contributed by atoms with Crippen LogP contribution in [0.2, 0.25) is 0 Å². The number of thiazole rings is 2. The van der Waals surface area contributed by atoms with Gasteiger partial charge in [0.05, 0.1) is 31.9 Å². The van der Waals surface area contributed by atoms with Crippen molar-refractivity contribution in [3.05, 3.63) is 109 Å². The van der Waals surface area contributed by atoms with Gasteiger partial charge in [-0.2, -0.15) is 26.3 Å². The molecule has 0 radical (unpaired) electrons. The largest absolute Gasteiger partial charge is 0.456 e. The lowest BCUT2D eigenvalue weighted by Crippen LogP contribution is -2.07. The van der Waals surface area contributed by atoms with Gasteiger partial charge in [-0.05, 0) is 60.7 Å². The maximum absolute atomic E-state index is 14.2. The van der Waals surface area contributed by atoms with Gasteiger partial charge in [0.25, 0.3) is 0 Å². The van der Waals surface area contributed by atoms with E-state index in [1.807, 2.05) is 0 Å². The molecular formula is C40H24F6N8O5S2. The Labute approximate surface area is 347 Å². The lowest BCUT2D eigenvalue weighted by Gasteiger charge is -2.18. The second kappa shape index (κ2) is 16.1. The number of hydrogen-bond donors (Lipinski definition) is 2. The molecule has 0 saturated carbocycles. The topological polar surface area (TPSA) is 163 Å². The summed E-state index contributed by atoms with van der Waals surface area (Å²) in [5, 5.41) is 5.86. The van der Waals surface area contributed by atoms with Crippen LogP contribution >= 0.6 is 22.7 Å². The van der Waals surface area contributed by atoms with Crippen molar-refractivity contribution in [3.8, 4) is 57.3 Å². The molecule has 4 aromatic carbocycles. The number of ether oxygens (including phenoxy) is 3. The number of hydrogen-bond acceptors (Lipinski definition) is 13. The van der Waals surface area contributed by atoms with Crippen molar-refractivity contribution < 1.29 is 50.1 Å². The minimum atomic E-state index is -4.88. The van der Waals surface area contributed by atoms with Crippen LogP contribution in [-0.4, -0.2) is 41.7 Å². The van der Waals surface area contributed by atoms with Crippen LogP contribution in [0.1, 0.15) is 25.0 Å². The molecule has 0 bridgehead atoms. The average molecular weight is 875 g/mol. The molecule has 13 nitrogen and oxygen atoms in total. The summed E-state index contributed by atoms with van der Waals surface area (Å²) < 4.78 is 104. The average Bonchev–Trinajstić information content (AvgIpc) is 3.81. The van der Waals surface area contributed by atoms with E-state index in [0.717, 1.165) is 36.9 Å². The van der Waals surface area contributed by atoms with Crippen molar-refractivity contribution in [2.75, 3.05) is 10.6 Å². The fraction of sp³-hybridized carbons (Fsp3) is 0.100. The van der Waals surface area contributed by atoms with Gasteiger partial charge in [0.1, 0.15) is 35.2 Å². The van der Waals surface area contributed by atoms with Gasteiger partial charge < -0.3 is 24.8 Å². The Morgan fingerprint density at radius 3 is 1.36 bits per heavy atom. The Morgan fingerprint density at radius 2 is 0.967 bits per heavy atom. The summed E-state index contributed by atoms with van der Waals surface area (Å²) in [7, 11) is 0. The highest BCUT2D eigenvalue weighted by atomic mass is 32.1. The minimum Gasteiger partial charge on any atom is -0.456 e. The lowest BCUT2D eigenvalue weighted by atomic mass is 10.0. The Morgan fingerprint density at radius 1 is 0.541 bits per heavy atom.